The van der Waals surface area contributed by atoms with E-state index >= 15 is 0 Å². The minimum Gasteiger partial charge on any atom is -0.312 e. The highest BCUT2D eigenvalue weighted by atomic mass is 32.1. The third kappa shape index (κ3) is 4.71. The summed E-state index contributed by atoms with van der Waals surface area (Å²) in [5, 5.41) is 5.20. The minimum absolute atomic E-state index is 0.0438. The van der Waals surface area contributed by atoms with Crippen molar-refractivity contribution in [3.05, 3.63) is 76.3 Å². The highest BCUT2D eigenvalue weighted by molar-refractivity contribution is 7.13. The van der Waals surface area contributed by atoms with E-state index in [-0.39, 0.29) is 18.2 Å². The lowest BCUT2D eigenvalue weighted by Gasteiger charge is -2.29. The molecule has 0 saturated heterocycles. The lowest BCUT2D eigenvalue weighted by Crippen LogP contribution is -2.36. The van der Waals surface area contributed by atoms with Gasteiger partial charge in [-0.3, -0.25) is 9.59 Å². The zero-order valence-corrected chi connectivity index (χ0v) is 17.2. The molecule has 0 spiro atoms. The topological polar surface area (TPSA) is 62.3 Å². The SMILES string of the molecule is Cc1ccc2c(c1)CCCN2C(=O)Cc1csc(NC(=O)Cc2ccccc2)n1. The van der Waals surface area contributed by atoms with Crippen molar-refractivity contribution in [2.45, 2.75) is 32.6 Å². The first-order valence-corrected chi connectivity index (χ1v) is 10.6. The molecule has 0 radical (unpaired) electrons. The van der Waals surface area contributed by atoms with Gasteiger partial charge in [0.05, 0.1) is 18.5 Å². The van der Waals surface area contributed by atoms with Gasteiger partial charge in [-0.05, 0) is 37.0 Å². The molecular formula is C23H23N3O2S. The van der Waals surface area contributed by atoms with Crippen molar-refractivity contribution in [3.8, 4) is 0 Å². The molecule has 29 heavy (non-hydrogen) atoms. The number of aryl methyl sites for hydroxylation is 2. The van der Waals surface area contributed by atoms with E-state index in [0.29, 0.717) is 17.2 Å². The van der Waals surface area contributed by atoms with Crippen LogP contribution < -0.4 is 10.2 Å². The van der Waals surface area contributed by atoms with E-state index in [2.05, 4.69) is 23.3 Å². The molecule has 0 bridgehead atoms. The number of rotatable bonds is 5. The molecule has 4 rings (SSSR count). The first-order valence-electron chi connectivity index (χ1n) is 9.76. The van der Waals surface area contributed by atoms with Gasteiger partial charge in [-0.15, -0.1) is 11.3 Å². The van der Waals surface area contributed by atoms with Crippen LogP contribution in [0.1, 0.15) is 28.8 Å². The highest BCUT2D eigenvalue weighted by Crippen LogP contribution is 2.29. The summed E-state index contributed by atoms with van der Waals surface area (Å²) in [4.78, 5) is 31.4. The van der Waals surface area contributed by atoms with Gasteiger partial charge in [0.25, 0.3) is 0 Å². The van der Waals surface area contributed by atoms with Crippen molar-refractivity contribution in [1.29, 1.82) is 0 Å². The Morgan fingerprint density at radius 3 is 2.79 bits per heavy atom. The van der Waals surface area contributed by atoms with Crippen LogP contribution >= 0.6 is 11.3 Å². The Hall–Kier alpha value is -2.99. The molecule has 1 aliphatic rings. The van der Waals surface area contributed by atoms with Gasteiger partial charge < -0.3 is 10.2 Å². The van der Waals surface area contributed by atoms with Gasteiger partial charge >= 0.3 is 0 Å². The second-order valence-electron chi connectivity index (χ2n) is 7.31. The maximum atomic E-state index is 12.9. The summed E-state index contributed by atoms with van der Waals surface area (Å²) in [7, 11) is 0. The fourth-order valence-corrected chi connectivity index (χ4v) is 4.35. The second kappa shape index (κ2) is 8.57. The Labute approximate surface area is 174 Å². The predicted molar refractivity (Wildman–Crippen MR) is 116 cm³/mol. The van der Waals surface area contributed by atoms with Gasteiger partial charge in [-0.25, -0.2) is 4.98 Å². The molecule has 0 aliphatic carbocycles. The average molecular weight is 406 g/mol. The smallest absolute Gasteiger partial charge is 0.233 e. The van der Waals surface area contributed by atoms with Gasteiger partial charge in [-0.2, -0.15) is 0 Å². The van der Waals surface area contributed by atoms with Crippen LogP contribution in [0.15, 0.2) is 53.9 Å². The Morgan fingerprint density at radius 1 is 1.14 bits per heavy atom. The van der Waals surface area contributed by atoms with Gasteiger partial charge in [0.2, 0.25) is 11.8 Å². The summed E-state index contributed by atoms with van der Waals surface area (Å²) >= 11 is 1.35. The fraction of sp³-hybridized carbons (Fsp3) is 0.261. The lowest BCUT2D eigenvalue weighted by molar-refractivity contribution is -0.118. The van der Waals surface area contributed by atoms with Crippen molar-refractivity contribution in [1.82, 2.24) is 4.98 Å². The fourth-order valence-electron chi connectivity index (χ4n) is 3.63. The molecule has 0 atom stereocenters. The summed E-state index contributed by atoms with van der Waals surface area (Å²) in [6, 6.07) is 15.8. The predicted octanol–water partition coefficient (Wildman–Crippen LogP) is 4.15. The third-order valence-corrected chi connectivity index (χ3v) is 5.80. The van der Waals surface area contributed by atoms with Gasteiger partial charge in [0.15, 0.2) is 5.13 Å². The molecule has 1 aliphatic heterocycles. The van der Waals surface area contributed by atoms with Crippen LogP contribution in [-0.4, -0.2) is 23.3 Å². The average Bonchev–Trinajstić information content (AvgIpc) is 3.14. The lowest BCUT2D eigenvalue weighted by atomic mass is 9.99. The summed E-state index contributed by atoms with van der Waals surface area (Å²) in [5.41, 5.74) is 5.11. The van der Waals surface area contributed by atoms with Crippen LogP contribution in [-0.2, 0) is 28.9 Å². The molecule has 0 saturated carbocycles. The van der Waals surface area contributed by atoms with Crippen LogP contribution in [0, 0.1) is 6.92 Å². The Balaban J connectivity index is 1.38. The molecule has 6 heteroatoms. The standard InChI is InChI=1S/C23H23N3O2S/c1-16-9-10-20-18(12-16)8-5-11-26(20)22(28)14-19-15-29-23(24-19)25-21(27)13-17-6-3-2-4-7-17/h2-4,6-7,9-10,12,15H,5,8,11,13-14H2,1H3,(H,24,25,27). The van der Waals surface area contributed by atoms with Crippen LogP contribution in [0.2, 0.25) is 0 Å². The zero-order valence-electron chi connectivity index (χ0n) is 16.4. The Kier molecular flexibility index (Phi) is 5.71. The van der Waals surface area contributed by atoms with E-state index in [0.717, 1.165) is 30.6 Å². The number of amides is 2. The van der Waals surface area contributed by atoms with Crippen molar-refractivity contribution in [2.75, 3.05) is 16.8 Å². The van der Waals surface area contributed by atoms with E-state index in [1.165, 1.54) is 22.5 Å². The number of nitrogens with one attached hydrogen (secondary N) is 1. The first-order chi connectivity index (χ1) is 14.1. The molecule has 148 valence electrons. The molecule has 2 aromatic carbocycles. The normalized spacial score (nSPS) is 13.1. The first kappa shape index (κ1) is 19.3. The van der Waals surface area contributed by atoms with Crippen molar-refractivity contribution in [2.24, 2.45) is 0 Å². The second-order valence-corrected chi connectivity index (χ2v) is 8.17. The molecule has 1 aromatic heterocycles. The van der Waals surface area contributed by atoms with Crippen LogP contribution in [0.3, 0.4) is 0 Å². The van der Waals surface area contributed by atoms with Crippen molar-refractivity contribution >= 4 is 34.0 Å². The quantitative estimate of drug-likeness (QED) is 0.693. The molecule has 0 fully saturated rings. The molecule has 3 aromatic rings. The Morgan fingerprint density at radius 2 is 1.97 bits per heavy atom. The summed E-state index contributed by atoms with van der Waals surface area (Å²) in [6.07, 6.45) is 2.52. The van der Waals surface area contributed by atoms with Gasteiger partial charge in [0.1, 0.15) is 0 Å². The Bertz CT molecular complexity index is 1030. The molecular weight excluding hydrogens is 382 g/mol. The van der Waals surface area contributed by atoms with E-state index < -0.39 is 0 Å². The van der Waals surface area contributed by atoms with E-state index in [4.69, 9.17) is 0 Å². The van der Waals surface area contributed by atoms with Crippen LogP contribution in [0.4, 0.5) is 10.8 Å². The summed E-state index contributed by atoms with van der Waals surface area (Å²) < 4.78 is 0. The highest BCUT2D eigenvalue weighted by Gasteiger charge is 2.23. The number of thiazole rings is 1. The number of hydrogen-bond acceptors (Lipinski definition) is 4. The summed E-state index contributed by atoms with van der Waals surface area (Å²) in [5.74, 6) is -0.0639. The molecule has 1 N–H and O–H groups in total. The minimum atomic E-state index is -0.108. The molecule has 2 heterocycles. The number of aromatic nitrogens is 1. The van der Waals surface area contributed by atoms with E-state index in [9.17, 15) is 9.59 Å². The van der Waals surface area contributed by atoms with E-state index in [1.54, 1.807) is 0 Å². The number of carbonyl (C=O) groups is 2. The third-order valence-electron chi connectivity index (χ3n) is 4.99. The molecule has 5 nitrogen and oxygen atoms in total. The van der Waals surface area contributed by atoms with Crippen LogP contribution in [0.25, 0.3) is 0 Å². The maximum Gasteiger partial charge on any atom is 0.233 e. The van der Waals surface area contributed by atoms with Crippen LogP contribution in [0.5, 0.6) is 0 Å². The van der Waals surface area contributed by atoms with Crippen molar-refractivity contribution in [3.63, 3.8) is 0 Å². The molecule has 0 unspecified atom stereocenters. The van der Waals surface area contributed by atoms with Gasteiger partial charge in [-0.1, -0.05) is 48.0 Å². The summed E-state index contributed by atoms with van der Waals surface area (Å²) in [6.45, 7) is 2.81. The van der Waals surface area contributed by atoms with Gasteiger partial charge in [0, 0.05) is 17.6 Å². The molecule has 2 amide bonds. The zero-order chi connectivity index (χ0) is 20.2. The number of anilines is 2. The number of fused-ring (bicyclic) bond motifs is 1. The number of nitrogens with zero attached hydrogens (tertiary/aromatic N) is 2. The largest absolute Gasteiger partial charge is 0.312 e. The van der Waals surface area contributed by atoms with Crippen molar-refractivity contribution < 1.29 is 9.59 Å². The number of hydrogen-bond donors (Lipinski definition) is 1. The number of benzene rings is 2. The number of carbonyl (C=O) groups excluding carboxylic acids is 2. The monoisotopic (exact) mass is 405 g/mol. The maximum absolute atomic E-state index is 12.9. The van der Waals surface area contributed by atoms with E-state index in [1.807, 2.05) is 52.7 Å².